The molecule has 2 saturated heterocycles. The Kier molecular flexibility index (Phi) is 7.42. The molecule has 0 bridgehead atoms. The van der Waals surface area contributed by atoms with Gasteiger partial charge < -0.3 is 25.1 Å². The number of hydrogen-bond acceptors (Lipinski definition) is 6. The van der Waals surface area contributed by atoms with Gasteiger partial charge in [-0.2, -0.15) is 0 Å². The number of carbonyl (C=O) groups excluding carboxylic acids is 1. The number of piperidine rings is 1. The summed E-state index contributed by atoms with van der Waals surface area (Å²) in [6.45, 7) is 2.41. The van der Waals surface area contributed by atoms with Crippen LogP contribution in [0.15, 0.2) is 59.8 Å². The summed E-state index contributed by atoms with van der Waals surface area (Å²) >= 11 is 0. The summed E-state index contributed by atoms with van der Waals surface area (Å²) in [5, 5.41) is 15.8. The molecule has 34 heavy (non-hydrogen) atoms. The zero-order chi connectivity index (χ0) is 24.0. The van der Waals surface area contributed by atoms with Gasteiger partial charge in [-0.25, -0.2) is 9.18 Å². The van der Waals surface area contributed by atoms with Crippen LogP contribution in [0, 0.1) is 5.82 Å². The van der Waals surface area contributed by atoms with Gasteiger partial charge in [-0.05, 0) is 62.1 Å². The van der Waals surface area contributed by atoms with Crippen LogP contribution < -0.4 is 10.2 Å². The Morgan fingerprint density at radius 1 is 1.12 bits per heavy atom. The Labute approximate surface area is 198 Å². The number of likely N-dealkylation sites (tertiary alicyclic amines) is 1. The lowest BCUT2D eigenvalue weighted by atomic mass is 9.85. The van der Waals surface area contributed by atoms with E-state index in [0.717, 1.165) is 44.6 Å². The summed E-state index contributed by atoms with van der Waals surface area (Å²) in [6.07, 6.45) is 2.82. The molecule has 2 aliphatic heterocycles. The number of carboxylic acid groups (broad SMARTS) is 1. The Morgan fingerprint density at radius 3 is 2.50 bits per heavy atom. The number of nitrogens with zero attached hydrogens (tertiary/aromatic N) is 3. The van der Waals surface area contributed by atoms with Crippen LogP contribution in [0.5, 0.6) is 0 Å². The number of para-hydroxylation sites is 1. The average molecular weight is 469 g/mol. The van der Waals surface area contributed by atoms with E-state index in [2.05, 4.69) is 20.3 Å². The molecular weight excluding hydrogens is 439 g/mol. The highest BCUT2D eigenvalue weighted by atomic mass is 19.1. The molecule has 2 aliphatic rings. The first-order valence-corrected chi connectivity index (χ1v) is 11.5. The summed E-state index contributed by atoms with van der Waals surface area (Å²) in [5.74, 6) is -1.36. The third kappa shape index (κ3) is 5.36. The molecule has 9 heteroatoms. The normalized spacial score (nSPS) is 18.2. The van der Waals surface area contributed by atoms with E-state index in [1.807, 2.05) is 30.3 Å². The molecule has 0 aromatic heterocycles. The molecule has 180 valence electrons. The van der Waals surface area contributed by atoms with Gasteiger partial charge in [0.1, 0.15) is 11.4 Å². The quantitative estimate of drug-likeness (QED) is 0.434. The minimum Gasteiger partial charge on any atom is -0.479 e. The number of hydrogen-bond donors (Lipinski definition) is 2. The number of benzene rings is 2. The fraction of sp³-hybridized carbons (Fsp3) is 0.400. The van der Waals surface area contributed by atoms with E-state index in [4.69, 9.17) is 9.94 Å². The van der Waals surface area contributed by atoms with Gasteiger partial charge in [-0.15, -0.1) is 0 Å². The molecule has 2 fully saturated rings. The summed E-state index contributed by atoms with van der Waals surface area (Å²) in [7, 11) is 0. The lowest BCUT2D eigenvalue weighted by Gasteiger charge is -2.43. The summed E-state index contributed by atoms with van der Waals surface area (Å²) in [6, 6.07) is 15.9. The first-order valence-electron chi connectivity index (χ1n) is 11.5. The largest absolute Gasteiger partial charge is 0.479 e. The van der Waals surface area contributed by atoms with Gasteiger partial charge >= 0.3 is 5.97 Å². The van der Waals surface area contributed by atoms with E-state index < -0.39 is 18.1 Å². The second kappa shape index (κ2) is 10.6. The van der Waals surface area contributed by atoms with E-state index in [-0.39, 0.29) is 11.7 Å². The van der Waals surface area contributed by atoms with E-state index in [9.17, 15) is 14.0 Å². The number of carbonyl (C=O) groups is 2. The third-order valence-corrected chi connectivity index (χ3v) is 6.52. The second-order valence-electron chi connectivity index (χ2n) is 8.62. The zero-order valence-corrected chi connectivity index (χ0v) is 19.0. The predicted molar refractivity (Wildman–Crippen MR) is 126 cm³/mol. The molecule has 0 saturated carbocycles. The van der Waals surface area contributed by atoms with Gasteiger partial charge in [0.25, 0.3) is 0 Å². The van der Waals surface area contributed by atoms with Crippen LogP contribution in [0.3, 0.4) is 0 Å². The van der Waals surface area contributed by atoms with Gasteiger partial charge in [0.2, 0.25) is 12.5 Å². The third-order valence-electron chi connectivity index (χ3n) is 6.52. The van der Waals surface area contributed by atoms with Gasteiger partial charge in [0, 0.05) is 18.8 Å². The number of amides is 1. The molecular formula is C25H29FN4O4. The first kappa shape index (κ1) is 23.7. The van der Waals surface area contributed by atoms with Crippen molar-refractivity contribution < 1.29 is 23.9 Å². The Morgan fingerprint density at radius 2 is 1.82 bits per heavy atom. The monoisotopic (exact) mass is 468 g/mol. The summed E-state index contributed by atoms with van der Waals surface area (Å²) < 4.78 is 13.3. The van der Waals surface area contributed by atoms with Gasteiger partial charge in [-0.3, -0.25) is 4.79 Å². The van der Waals surface area contributed by atoms with Gasteiger partial charge in [-0.1, -0.05) is 35.5 Å². The maximum absolute atomic E-state index is 13.3. The van der Waals surface area contributed by atoms with Gasteiger partial charge in [0.15, 0.2) is 0 Å². The topological polar surface area (TPSA) is 94.5 Å². The lowest BCUT2D eigenvalue weighted by molar-refractivity contribution is -0.142. The molecule has 8 nitrogen and oxygen atoms in total. The van der Waals surface area contributed by atoms with Crippen LogP contribution in [0.2, 0.25) is 0 Å². The fourth-order valence-corrected chi connectivity index (χ4v) is 4.70. The molecule has 2 N–H and O–H groups in total. The van der Waals surface area contributed by atoms with Crippen molar-refractivity contribution in [2.45, 2.75) is 31.2 Å². The number of rotatable bonds is 9. The van der Waals surface area contributed by atoms with Crippen molar-refractivity contribution >= 4 is 23.3 Å². The first-order chi connectivity index (χ1) is 16.5. The number of nitrogens with one attached hydrogen (secondary N) is 1. The van der Waals surface area contributed by atoms with E-state index in [1.54, 1.807) is 12.1 Å². The predicted octanol–water partition coefficient (Wildman–Crippen LogP) is 2.84. The van der Waals surface area contributed by atoms with Crippen LogP contribution >= 0.6 is 0 Å². The minimum atomic E-state index is -1.11. The highest BCUT2D eigenvalue weighted by Crippen LogP contribution is 2.36. The maximum atomic E-state index is 13.3. The average Bonchev–Trinajstić information content (AvgIpc) is 3.15. The van der Waals surface area contributed by atoms with Crippen molar-refractivity contribution in [1.29, 1.82) is 0 Å². The SMILES string of the molecule is O=C(O)CO/N=C(/CCCN1CCC2(CC1)C(=O)NCN2c1ccccc1)c1ccc(F)cc1. The van der Waals surface area contributed by atoms with Crippen molar-refractivity contribution in [2.24, 2.45) is 5.16 Å². The van der Waals surface area contributed by atoms with Crippen LogP contribution in [0.1, 0.15) is 31.2 Å². The summed E-state index contributed by atoms with van der Waals surface area (Å²) in [5.41, 5.74) is 1.82. The molecule has 4 rings (SSSR count). The van der Waals surface area contributed by atoms with Crippen molar-refractivity contribution in [3.63, 3.8) is 0 Å². The Bertz CT molecular complexity index is 1020. The van der Waals surface area contributed by atoms with Crippen molar-refractivity contribution in [2.75, 3.05) is 37.8 Å². The van der Waals surface area contributed by atoms with Crippen molar-refractivity contribution in [3.05, 3.63) is 66.0 Å². The smallest absolute Gasteiger partial charge is 0.344 e. The van der Waals surface area contributed by atoms with Gasteiger partial charge in [0.05, 0.1) is 12.4 Å². The number of oxime groups is 1. The minimum absolute atomic E-state index is 0.0947. The van der Waals surface area contributed by atoms with Crippen molar-refractivity contribution in [3.8, 4) is 0 Å². The molecule has 2 aromatic carbocycles. The number of carboxylic acids is 1. The molecule has 0 atom stereocenters. The fourth-order valence-electron chi connectivity index (χ4n) is 4.70. The molecule has 1 amide bonds. The molecule has 1 spiro atoms. The molecule has 0 aliphatic carbocycles. The standard InChI is InChI=1S/C25H29FN4O4/c26-20-10-8-19(9-11-20)22(28-34-17-23(31)32)7-4-14-29-15-12-25(13-16-29)24(33)27-18-30(25)21-5-2-1-3-6-21/h1-3,5-6,8-11H,4,7,12-18H2,(H,27,33)(H,31,32)/b28-22-. The Balaban J connectivity index is 1.34. The van der Waals surface area contributed by atoms with Crippen LogP contribution in [-0.4, -0.2) is 66.0 Å². The summed E-state index contributed by atoms with van der Waals surface area (Å²) in [4.78, 5) is 33.0. The molecule has 0 radical (unpaired) electrons. The highest BCUT2D eigenvalue weighted by Gasteiger charge is 2.50. The van der Waals surface area contributed by atoms with E-state index in [1.165, 1.54) is 12.1 Å². The number of halogens is 1. The van der Waals surface area contributed by atoms with Crippen LogP contribution in [-0.2, 0) is 14.4 Å². The van der Waals surface area contributed by atoms with Crippen LogP contribution in [0.25, 0.3) is 0 Å². The van der Waals surface area contributed by atoms with Crippen molar-refractivity contribution in [1.82, 2.24) is 10.2 Å². The second-order valence-corrected chi connectivity index (χ2v) is 8.62. The highest BCUT2D eigenvalue weighted by molar-refractivity contribution is 6.00. The zero-order valence-electron chi connectivity index (χ0n) is 19.0. The van der Waals surface area contributed by atoms with E-state index in [0.29, 0.717) is 24.4 Å². The van der Waals surface area contributed by atoms with Crippen LogP contribution in [0.4, 0.5) is 10.1 Å². The Hall–Kier alpha value is -3.46. The molecule has 2 aromatic rings. The number of anilines is 1. The lowest BCUT2D eigenvalue weighted by Crippen LogP contribution is -2.56. The molecule has 2 heterocycles. The molecule has 0 unspecified atom stereocenters. The maximum Gasteiger partial charge on any atom is 0.344 e. The number of aliphatic carboxylic acids is 1. The van der Waals surface area contributed by atoms with E-state index >= 15 is 0 Å².